The average Bonchev–Trinajstić information content (AvgIpc) is 3.02. The molecular formula is C18H22ClN5O. The number of nitrogens with two attached hydrogens (primary N) is 1. The molecule has 6 nitrogen and oxygen atoms in total. The molecular weight excluding hydrogens is 338 g/mol. The quantitative estimate of drug-likeness (QED) is 0.620. The molecule has 0 bridgehead atoms. The fourth-order valence-corrected chi connectivity index (χ4v) is 2.95. The van der Waals surface area contributed by atoms with Crippen molar-refractivity contribution in [1.82, 2.24) is 19.5 Å². The minimum Gasteiger partial charge on any atom is -0.376 e. The fraction of sp³-hybridized carbons (Fsp3) is 0.389. The third-order valence-corrected chi connectivity index (χ3v) is 4.52. The average molecular weight is 360 g/mol. The molecule has 0 aliphatic rings. The number of hydrogen-bond acceptors (Lipinski definition) is 5. The Morgan fingerprint density at radius 2 is 2.04 bits per heavy atom. The SMILES string of the molecule is CC[C@@H](CCn1cnc2c(Cl)nc(N)nc21)COCc1ccccc1. The number of hydrogen-bond donors (Lipinski definition) is 1. The van der Waals surface area contributed by atoms with Crippen LogP contribution in [0.25, 0.3) is 11.2 Å². The molecule has 0 amide bonds. The summed E-state index contributed by atoms with van der Waals surface area (Å²) in [5.74, 6) is 0.633. The lowest BCUT2D eigenvalue weighted by molar-refractivity contribution is 0.0813. The molecule has 0 saturated carbocycles. The van der Waals surface area contributed by atoms with Gasteiger partial charge in [0.05, 0.1) is 12.9 Å². The number of anilines is 1. The van der Waals surface area contributed by atoms with Gasteiger partial charge in [-0.1, -0.05) is 55.3 Å². The van der Waals surface area contributed by atoms with Gasteiger partial charge >= 0.3 is 0 Å². The minimum absolute atomic E-state index is 0.164. The van der Waals surface area contributed by atoms with Gasteiger partial charge in [-0.25, -0.2) is 4.98 Å². The predicted octanol–water partition coefficient (Wildman–Crippen LogP) is 3.70. The lowest BCUT2D eigenvalue weighted by atomic mass is 10.0. The van der Waals surface area contributed by atoms with Crippen molar-refractivity contribution in [3.8, 4) is 0 Å². The van der Waals surface area contributed by atoms with Crippen LogP contribution in [0.2, 0.25) is 5.15 Å². The second-order valence-corrected chi connectivity index (χ2v) is 6.40. The normalized spacial score (nSPS) is 12.6. The lowest BCUT2D eigenvalue weighted by Crippen LogP contribution is -2.12. The van der Waals surface area contributed by atoms with Crippen LogP contribution in [0, 0.1) is 5.92 Å². The molecule has 1 aromatic carbocycles. The monoisotopic (exact) mass is 359 g/mol. The lowest BCUT2D eigenvalue weighted by Gasteiger charge is -2.15. The Balaban J connectivity index is 1.56. The van der Waals surface area contributed by atoms with Crippen LogP contribution in [0.15, 0.2) is 36.7 Å². The van der Waals surface area contributed by atoms with Crippen LogP contribution in [-0.2, 0) is 17.9 Å². The number of benzene rings is 1. The highest BCUT2D eigenvalue weighted by Crippen LogP contribution is 2.21. The van der Waals surface area contributed by atoms with Crippen LogP contribution in [0.4, 0.5) is 5.95 Å². The van der Waals surface area contributed by atoms with E-state index in [9.17, 15) is 0 Å². The Morgan fingerprint density at radius 3 is 2.80 bits per heavy atom. The van der Waals surface area contributed by atoms with E-state index in [1.807, 2.05) is 22.8 Å². The number of nitrogen functional groups attached to an aromatic ring is 1. The first-order valence-corrected chi connectivity index (χ1v) is 8.80. The number of aryl methyl sites for hydroxylation is 1. The van der Waals surface area contributed by atoms with Gasteiger partial charge in [0.25, 0.3) is 0 Å². The number of aromatic nitrogens is 4. The Kier molecular flexibility index (Phi) is 5.83. The Labute approximate surface area is 152 Å². The standard InChI is InChI=1S/C18H22ClN5O/c1-2-13(10-25-11-14-6-4-3-5-7-14)8-9-24-12-21-15-16(19)22-18(20)23-17(15)24/h3-7,12-13H,2,8-11H2,1H3,(H2,20,22,23)/t13-/m0/s1. The van der Waals surface area contributed by atoms with Crippen molar-refractivity contribution in [2.24, 2.45) is 5.92 Å². The van der Waals surface area contributed by atoms with E-state index >= 15 is 0 Å². The molecule has 2 heterocycles. The Morgan fingerprint density at radius 1 is 1.24 bits per heavy atom. The van der Waals surface area contributed by atoms with Crippen LogP contribution < -0.4 is 5.73 Å². The van der Waals surface area contributed by atoms with Gasteiger partial charge in [0.1, 0.15) is 5.52 Å². The highest BCUT2D eigenvalue weighted by atomic mass is 35.5. The molecule has 1 atom stereocenters. The first kappa shape index (κ1) is 17.6. The second-order valence-electron chi connectivity index (χ2n) is 6.05. The summed E-state index contributed by atoms with van der Waals surface area (Å²) in [4.78, 5) is 12.5. The van der Waals surface area contributed by atoms with Gasteiger partial charge in [0.15, 0.2) is 10.8 Å². The van der Waals surface area contributed by atoms with Gasteiger partial charge in [-0.15, -0.1) is 0 Å². The number of imidazole rings is 1. The first-order valence-electron chi connectivity index (χ1n) is 8.43. The molecule has 7 heteroatoms. The molecule has 0 aliphatic carbocycles. The maximum absolute atomic E-state index is 6.07. The van der Waals surface area contributed by atoms with Gasteiger partial charge in [-0.2, -0.15) is 9.97 Å². The van der Waals surface area contributed by atoms with E-state index in [1.165, 1.54) is 5.56 Å². The first-order chi connectivity index (χ1) is 12.2. The Hall–Kier alpha value is -2.18. The van der Waals surface area contributed by atoms with Crippen molar-refractivity contribution in [2.45, 2.75) is 32.9 Å². The molecule has 132 valence electrons. The van der Waals surface area contributed by atoms with E-state index in [1.54, 1.807) is 6.33 Å². The number of fused-ring (bicyclic) bond motifs is 1. The molecule has 0 saturated heterocycles. The fourth-order valence-electron chi connectivity index (χ4n) is 2.73. The zero-order valence-electron chi connectivity index (χ0n) is 14.2. The molecule has 0 unspecified atom stereocenters. The predicted molar refractivity (Wildman–Crippen MR) is 99.2 cm³/mol. The van der Waals surface area contributed by atoms with Crippen molar-refractivity contribution < 1.29 is 4.74 Å². The molecule has 2 N–H and O–H groups in total. The third-order valence-electron chi connectivity index (χ3n) is 4.26. The molecule has 25 heavy (non-hydrogen) atoms. The molecule has 0 fully saturated rings. The van der Waals surface area contributed by atoms with Gasteiger partial charge in [-0.3, -0.25) is 0 Å². The van der Waals surface area contributed by atoms with Crippen molar-refractivity contribution in [3.05, 3.63) is 47.4 Å². The van der Waals surface area contributed by atoms with Gasteiger partial charge in [0, 0.05) is 13.2 Å². The van der Waals surface area contributed by atoms with Crippen LogP contribution in [0.1, 0.15) is 25.3 Å². The molecule has 3 rings (SSSR count). The van der Waals surface area contributed by atoms with E-state index in [4.69, 9.17) is 22.1 Å². The van der Waals surface area contributed by atoms with Gasteiger partial charge < -0.3 is 15.0 Å². The summed E-state index contributed by atoms with van der Waals surface area (Å²) < 4.78 is 7.85. The van der Waals surface area contributed by atoms with Gasteiger partial charge in [-0.05, 0) is 17.9 Å². The van der Waals surface area contributed by atoms with Crippen molar-refractivity contribution >= 4 is 28.7 Å². The minimum atomic E-state index is 0.164. The van der Waals surface area contributed by atoms with Crippen molar-refractivity contribution in [2.75, 3.05) is 12.3 Å². The summed E-state index contributed by atoms with van der Waals surface area (Å²) >= 11 is 6.07. The van der Waals surface area contributed by atoms with Crippen molar-refractivity contribution in [3.63, 3.8) is 0 Å². The summed E-state index contributed by atoms with van der Waals surface area (Å²) in [6.07, 6.45) is 3.76. The smallest absolute Gasteiger partial charge is 0.223 e. The van der Waals surface area contributed by atoms with Crippen LogP contribution in [0.3, 0.4) is 0 Å². The molecule has 2 aromatic heterocycles. The molecule has 0 spiro atoms. The molecule has 0 aliphatic heterocycles. The molecule has 0 radical (unpaired) electrons. The van der Waals surface area contributed by atoms with Gasteiger partial charge in [0.2, 0.25) is 5.95 Å². The zero-order chi connectivity index (χ0) is 17.6. The topological polar surface area (TPSA) is 78.9 Å². The summed E-state index contributed by atoms with van der Waals surface area (Å²) in [5, 5.41) is 0.291. The van der Waals surface area contributed by atoms with E-state index in [-0.39, 0.29) is 5.95 Å². The number of rotatable bonds is 8. The van der Waals surface area contributed by atoms with E-state index in [0.29, 0.717) is 28.8 Å². The second kappa shape index (κ2) is 8.27. The van der Waals surface area contributed by atoms with E-state index in [0.717, 1.165) is 26.0 Å². The third kappa shape index (κ3) is 4.46. The van der Waals surface area contributed by atoms with Crippen LogP contribution in [-0.4, -0.2) is 26.1 Å². The summed E-state index contributed by atoms with van der Waals surface area (Å²) in [7, 11) is 0. The largest absolute Gasteiger partial charge is 0.376 e. The maximum atomic E-state index is 6.07. The number of ether oxygens (including phenoxy) is 1. The summed E-state index contributed by atoms with van der Waals surface area (Å²) in [6, 6.07) is 10.2. The highest BCUT2D eigenvalue weighted by Gasteiger charge is 2.13. The van der Waals surface area contributed by atoms with Crippen LogP contribution in [0.5, 0.6) is 0 Å². The van der Waals surface area contributed by atoms with E-state index in [2.05, 4.69) is 34.0 Å². The maximum Gasteiger partial charge on any atom is 0.223 e. The zero-order valence-corrected chi connectivity index (χ0v) is 15.0. The Bertz CT molecular complexity index is 821. The summed E-state index contributed by atoms with van der Waals surface area (Å²) in [6.45, 7) is 4.34. The van der Waals surface area contributed by atoms with Crippen molar-refractivity contribution in [1.29, 1.82) is 0 Å². The molecule has 3 aromatic rings. The van der Waals surface area contributed by atoms with E-state index < -0.39 is 0 Å². The number of nitrogens with zero attached hydrogens (tertiary/aromatic N) is 4. The van der Waals surface area contributed by atoms with Crippen LogP contribution >= 0.6 is 11.6 Å². The summed E-state index contributed by atoms with van der Waals surface area (Å²) in [5.41, 5.74) is 8.15. The number of halogens is 1. The highest BCUT2D eigenvalue weighted by molar-refractivity contribution is 6.33.